The summed E-state index contributed by atoms with van der Waals surface area (Å²) in [5, 5.41) is 0. The maximum absolute atomic E-state index is 5.73. The summed E-state index contributed by atoms with van der Waals surface area (Å²) < 4.78 is 0. The molecule has 0 radical (unpaired) electrons. The van der Waals surface area contributed by atoms with Crippen molar-refractivity contribution in [3.63, 3.8) is 0 Å². The van der Waals surface area contributed by atoms with Gasteiger partial charge in [-0.1, -0.05) is 6.92 Å². The Kier molecular flexibility index (Phi) is 3.85. The molecule has 100 valence electrons. The Labute approximate surface area is 113 Å². The molecule has 0 aliphatic rings. The number of nitrogens with two attached hydrogens (primary N) is 1. The predicted molar refractivity (Wildman–Crippen MR) is 74.7 cm³/mol. The van der Waals surface area contributed by atoms with Gasteiger partial charge in [-0.25, -0.2) is 19.9 Å². The van der Waals surface area contributed by atoms with Gasteiger partial charge in [0.25, 0.3) is 0 Å². The highest BCUT2D eigenvalue weighted by Crippen LogP contribution is 2.22. The molecule has 2 N–H and O–H groups in total. The molecule has 19 heavy (non-hydrogen) atoms. The van der Waals surface area contributed by atoms with Crippen LogP contribution in [0.15, 0.2) is 12.4 Å². The van der Waals surface area contributed by atoms with Crippen LogP contribution in [-0.2, 0) is 0 Å². The molecule has 0 bridgehead atoms. The van der Waals surface area contributed by atoms with Crippen molar-refractivity contribution in [3.05, 3.63) is 34.9 Å². The number of rotatable bonds is 3. The van der Waals surface area contributed by atoms with Crippen molar-refractivity contribution in [3.8, 4) is 11.6 Å². The van der Waals surface area contributed by atoms with Crippen LogP contribution in [0.2, 0.25) is 0 Å². The van der Waals surface area contributed by atoms with E-state index in [0.717, 1.165) is 22.5 Å². The Morgan fingerprint density at radius 2 is 1.53 bits per heavy atom. The molecule has 0 fully saturated rings. The van der Waals surface area contributed by atoms with Crippen molar-refractivity contribution in [1.29, 1.82) is 0 Å². The minimum absolute atomic E-state index is 0.257. The molecule has 0 aliphatic carbocycles. The standard InChI is InChI=1S/C14H19N5/c1-8-6-16-13(17-7-8)14-18-10(3)12(9(2)5-15)11(4)19-14/h6-7,9H,5,15H2,1-4H3. The van der Waals surface area contributed by atoms with Gasteiger partial charge < -0.3 is 5.73 Å². The first-order chi connectivity index (χ1) is 9.02. The average Bonchev–Trinajstić information content (AvgIpc) is 2.38. The third-order valence-corrected chi connectivity index (χ3v) is 3.15. The molecule has 2 heterocycles. The highest BCUT2D eigenvalue weighted by molar-refractivity contribution is 5.45. The summed E-state index contributed by atoms with van der Waals surface area (Å²) in [4.78, 5) is 17.6. The second kappa shape index (κ2) is 5.40. The maximum atomic E-state index is 5.73. The monoisotopic (exact) mass is 257 g/mol. The molecule has 0 saturated carbocycles. The molecule has 0 aliphatic heterocycles. The minimum atomic E-state index is 0.257. The normalized spacial score (nSPS) is 12.5. The fourth-order valence-corrected chi connectivity index (χ4v) is 2.16. The van der Waals surface area contributed by atoms with Gasteiger partial charge in [-0.05, 0) is 44.4 Å². The number of aryl methyl sites for hydroxylation is 3. The van der Waals surface area contributed by atoms with Crippen LogP contribution in [0.1, 0.15) is 35.4 Å². The zero-order valence-electron chi connectivity index (χ0n) is 11.8. The van der Waals surface area contributed by atoms with E-state index in [1.165, 1.54) is 0 Å². The molecule has 0 spiro atoms. The second-order valence-corrected chi connectivity index (χ2v) is 4.85. The van der Waals surface area contributed by atoms with Gasteiger partial charge in [0.05, 0.1) is 0 Å². The van der Waals surface area contributed by atoms with Gasteiger partial charge >= 0.3 is 0 Å². The Hall–Kier alpha value is -1.88. The number of aromatic nitrogens is 4. The molecule has 2 rings (SSSR count). The topological polar surface area (TPSA) is 77.6 Å². The van der Waals surface area contributed by atoms with E-state index in [9.17, 15) is 0 Å². The van der Waals surface area contributed by atoms with Gasteiger partial charge in [0, 0.05) is 23.8 Å². The summed E-state index contributed by atoms with van der Waals surface area (Å²) in [6.07, 6.45) is 3.54. The third kappa shape index (κ3) is 2.76. The van der Waals surface area contributed by atoms with Crippen LogP contribution in [0.5, 0.6) is 0 Å². The van der Waals surface area contributed by atoms with Crippen molar-refractivity contribution in [2.24, 2.45) is 5.73 Å². The fourth-order valence-electron chi connectivity index (χ4n) is 2.16. The van der Waals surface area contributed by atoms with Crippen LogP contribution >= 0.6 is 0 Å². The Balaban J connectivity index is 2.48. The first-order valence-electron chi connectivity index (χ1n) is 6.37. The number of hydrogen-bond acceptors (Lipinski definition) is 5. The lowest BCUT2D eigenvalue weighted by molar-refractivity contribution is 0.743. The summed E-state index contributed by atoms with van der Waals surface area (Å²) in [7, 11) is 0. The van der Waals surface area contributed by atoms with E-state index in [1.54, 1.807) is 12.4 Å². The Morgan fingerprint density at radius 1 is 1.00 bits per heavy atom. The van der Waals surface area contributed by atoms with E-state index < -0.39 is 0 Å². The van der Waals surface area contributed by atoms with Crippen LogP contribution in [0.25, 0.3) is 11.6 Å². The molecule has 0 saturated heterocycles. The van der Waals surface area contributed by atoms with Gasteiger partial charge in [0.15, 0.2) is 11.6 Å². The van der Waals surface area contributed by atoms with Crippen molar-refractivity contribution >= 4 is 0 Å². The molecule has 1 unspecified atom stereocenters. The lowest BCUT2D eigenvalue weighted by Crippen LogP contribution is -2.14. The summed E-state index contributed by atoms with van der Waals surface area (Å²) in [5.41, 5.74) is 9.77. The van der Waals surface area contributed by atoms with Gasteiger partial charge in [-0.3, -0.25) is 0 Å². The van der Waals surface area contributed by atoms with Gasteiger partial charge in [-0.15, -0.1) is 0 Å². The summed E-state index contributed by atoms with van der Waals surface area (Å²) in [5.74, 6) is 1.39. The smallest absolute Gasteiger partial charge is 0.198 e. The highest BCUT2D eigenvalue weighted by atomic mass is 15.0. The molecule has 1 atom stereocenters. The van der Waals surface area contributed by atoms with Gasteiger partial charge in [0.1, 0.15) is 0 Å². The summed E-state index contributed by atoms with van der Waals surface area (Å²) in [6, 6.07) is 0. The van der Waals surface area contributed by atoms with E-state index in [0.29, 0.717) is 18.2 Å². The quantitative estimate of drug-likeness (QED) is 0.909. The number of nitrogens with zero attached hydrogens (tertiary/aromatic N) is 4. The molecule has 5 heteroatoms. The summed E-state index contributed by atoms with van der Waals surface area (Å²) in [6.45, 7) is 8.58. The predicted octanol–water partition coefficient (Wildman–Crippen LogP) is 1.92. The first kappa shape index (κ1) is 13.5. The van der Waals surface area contributed by atoms with Gasteiger partial charge in [-0.2, -0.15) is 0 Å². The second-order valence-electron chi connectivity index (χ2n) is 4.85. The molecule has 5 nitrogen and oxygen atoms in total. The van der Waals surface area contributed by atoms with Crippen LogP contribution in [0.3, 0.4) is 0 Å². The van der Waals surface area contributed by atoms with Crippen LogP contribution in [-0.4, -0.2) is 26.5 Å². The van der Waals surface area contributed by atoms with Gasteiger partial charge in [0.2, 0.25) is 0 Å². The lowest BCUT2D eigenvalue weighted by atomic mass is 9.98. The van der Waals surface area contributed by atoms with E-state index in [-0.39, 0.29) is 5.92 Å². The largest absolute Gasteiger partial charge is 0.330 e. The van der Waals surface area contributed by atoms with E-state index in [1.807, 2.05) is 20.8 Å². The molecule has 2 aromatic heterocycles. The fraction of sp³-hybridized carbons (Fsp3) is 0.429. The third-order valence-electron chi connectivity index (χ3n) is 3.15. The Morgan fingerprint density at radius 3 is 2.00 bits per heavy atom. The first-order valence-corrected chi connectivity index (χ1v) is 6.37. The molecular weight excluding hydrogens is 238 g/mol. The van der Waals surface area contributed by atoms with Crippen molar-refractivity contribution in [1.82, 2.24) is 19.9 Å². The maximum Gasteiger partial charge on any atom is 0.198 e. The molecular formula is C14H19N5. The van der Waals surface area contributed by atoms with Crippen LogP contribution in [0.4, 0.5) is 0 Å². The highest BCUT2D eigenvalue weighted by Gasteiger charge is 2.15. The van der Waals surface area contributed by atoms with E-state index in [4.69, 9.17) is 5.73 Å². The SMILES string of the molecule is Cc1cnc(-c2nc(C)c(C(C)CN)c(C)n2)nc1. The zero-order chi connectivity index (χ0) is 14.0. The summed E-state index contributed by atoms with van der Waals surface area (Å²) >= 11 is 0. The zero-order valence-corrected chi connectivity index (χ0v) is 11.8. The molecule has 0 aromatic carbocycles. The minimum Gasteiger partial charge on any atom is -0.330 e. The van der Waals surface area contributed by atoms with Crippen molar-refractivity contribution in [2.75, 3.05) is 6.54 Å². The Bertz CT molecular complexity index is 554. The average molecular weight is 257 g/mol. The number of hydrogen-bond donors (Lipinski definition) is 1. The van der Waals surface area contributed by atoms with Crippen molar-refractivity contribution < 1.29 is 0 Å². The van der Waals surface area contributed by atoms with Crippen molar-refractivity contribution in [2.45, 2.75) is 33.6 Å². The molecule has 2 aromatic rings. The van der Waals surface area contributed by atoms with E-state index >= 15 is 0 Å². The van der Waals surface area contributed by atoms with Crippen LogP contribution < -0.4 is 5.73 Å². The van der Waals surface area contributed by atoms with Crippen LogP contribution in [0, 0.1) is 20.8 Å². The lowest BCUT2D eigenvalue weighted by Gasteiger charge is -2.15. The molecule has 0 amide bonds. The van der Waals surface area contributed by atoms with E-state index in [2.05, 4.69) is 26.9 Å².